The van der Waals surface area contributed by atoms with Gasteiger partial charge in [-0.15, -0.1) is 10.2 Å². The number of nitrogens with zero attached hydrogens (tertiary/aromatic N) is 2. The quantitative estimate of drug-likeness (QED) is 0.504. The first-order chi connectivity index (χ1) is 15.6. The van der Waals surface area contributed by atoms with Crippen LogP contribution in [-0.4, -0.2) is 33.3 Å². The van der Waals surface area contributed by atoms with Gasteiger partial charge in [0.15, 0.2) is 11.6 Å². The van der Waals surface area contributed by atoms with E-state index in [2.05, 4.69) is 20.8 Å². The third-order valence-electron chi connectivity index (χ3n) is 5.40. The van der Waals surface area contributed by atoms with Crippen LogP contribution in [0.4, 0.5) is 17.3 Å². The van der Waals surface area contributed by atoms with Crippen molar-refractivity contribution in [1.29, 1.82) is 0 Å². The molecule has 1 aliphatic rings. The van der Waals surface area contributed by atoms with Gasteiger partial charge in [-0.25, -0.2) is 0 Å². The molecule has 8 nitrogen and oxygen atoms in total. The van der Waals surface area contributed by atoms with Gasteiger partial charge in [-0.05, 0) is 74.2 Å². The summed E-state index contributed by atoms with van der Waals surface area (Å²) in [6, 6.07) is 19.9. The van der Waals surface area contributed by atoms with E-state index < -0.39 is 5.97 Å². The molecular weight excluding hydrogens is 408 g/mol. The predicted octanol–water partition coefficient (Wildman–Crippen LogP) is 4.49. The number of carbonyl (C=O) groups is 2. The maximum absolute atomic E-state index is 12.5. The minimum absolute atomic E-state index is 0.00330. The molecule has 1 aromatic heterocycles. The highest BCUT2D eigenvalue weighted by Gasteiger charge is 2.26. The van der Waals surface area contributed by atoms with Gasteiger partial charge in [0.1, 0.15) is 5.75 Å². The van der Waals surface area contributed by atoms with Crippen LogP contribution in [0.2, 0.25) is 0 Å². The Labute approximate surface area is 185 Å². The second kappa shape index (κ2) is 9.91. The molecule has 0 bridgehead atoms. The van der Waals surface area contributed by atoms with Gasteiger partial charge in [0.05, 0.1) is 12.0 Å². The van der Waals surface area contributed by atoms with Crippen molar-refractivity contribution in [2.75, 3.05) is 10.6 Å². The van der Waals surface area contributed by atoms with Crippen molar-refractivity contribution in [2.24, 2.45) is 5.92 Å². The molecule has 1 aliphatic carbocycles. The molecule has 0 radical (unpaired) electrons. The molecule has 1 fully saturated rings. The number of anilines is 3. The zero-order valence-corrected chi connectivity index (χ0v) is 17.4. The Balaban J connectivity index is 1.29. The molecule has 1 amide bonds. The molecule has 32 heavy (non-hydrogen) atoms. The van der Waals surface area contributed by atoms with Gasteiger partial charge in [-0.3, -0.25) is 9.59 Å². The molecule has 0 saturated heterocycles. The lowest BCUT2D eigenvalue weighted by Gasteiger charge is -2.26. The number of carboxylic acid groups (broad SMARTS) is 1. The van der Waals surface area contributed by atoms with E-state index in [0.717, 1.165) is 5.69 Å². The normalized spacial score (nSPS) is 17.9. The van der Waals surface area contributed by atoms with Crippen LogP contribution in [-0.2, 0) is 4.79 Å². The van der Waals surface area contributed by atoms with E-state index in [1.807, 2.05) is 30.3 Å². The lowest BCUT2D eigenvalue weighted by molar-refractivity contribution is -0.143. The fourth-order valence-electron chi connectivity index (χ4n) is 3.63. The van der Waals surface area contributed by atoms with Crippen molar-refractivity contribution in [1.82, 2.24) is 10.2 Å². The smallest absolute Gasteiger partial charge is 0.306 e. The van der Waals surface area contributed by atoms with E-state index in [4.69, 9.17) is 9.84 Å². The Hall–Kier alpha value is -3.94. The van der Waals surface area contributed by atoms with E-state index >= 15 is 0 Å². The number of aliphatic carboxylic acids is 1. The predicted molar refractivity (Wildman–Crippen MR) is 120 cm³/mol. The summed E-state index contributed by atoms with van der Waals surface area (Å²) in [6.45, 7) is 0. The standard InChI is InChI=1S/C24H24N4O4/c29-23(26-22-15-14-21(27-28-22)25-18-4-2-1-3-5-18)16-6-10-19(11-7-16)32-20-12-8-17(9-13-20)24(30)31/h1-7,10-11,14-15,17,20H,8-9,12-13H2,(H,25,27)(H,30,31)(H,26,28,29). The number of aromatic nitrogens is 2. The van der Waals surface area contributed by atoms with Crippen LogP contribution >= 0.6 is 0 Å². The van der Waals surface area contributed by atoms with Gasteiger partial charge in [-0.1, -0.05) is 18.2 Å². The van der Waals surface area contributed by atoms with Gasteiger partial charge in [-0.2, -0.15) is 0 Å². The third-order valence-corrected chi connectivity index (χ3v) is 5.40. The van der Waals surface area contributed by atoms with Crippen molar-refractivity contribution < 1.29 is 19.4 Å². The summed E-state index contributed by atoms with van der Waals surface area (Å²) in [5.41, 5.74) is 1.37. The van der Waals surface area contributed by atoms with Gasteiger partial charge >= 0.3 is 5.97 Å². The summed E-state index contributed by atoms with van der Waals surface area (Å²) in [6.07, 6.45) is 2.69. The largest absolute Gasteiger partial charge is 0.490 e. The van der Waals surface area contributed by atoms with Crippen LogP contribution in [0.25, 0.3) is 0 Å². The van der Waals surface area contributed by atoms with E-state index in [1.54, 1.807) is 36.4 Å². The van der Waals surface area contributed by atoms with Crippen LogP contribution in [0.1, 0.15) is 36.0 Å². The Morgan fingerprint density at radius 3 is 2.12 bits per heavy atom. The monoisotopic (exact) mass is 432 g/mol. The van der Waals surface area contributed by atoms with E-state index in [0.29, 0.717) is 48.6 Å². The van der Waals surface area contributed by atoms with Crippen molar-refractivity contribution >= 4 is 29.2 Å². The molecule has 1 saturated carbocycles. The first kappa shape index (κ1) is 21.3. The van der Waals surface area contributed by atoms with E-state index in [9.17, 15) is 9.59 Å². The van der Waals surface area contributed by atoms with Crippen LogP contribution in [0, 0.1) is 5.92 Å². The first-order valence-corrected chi connectivity index (χ1v) is 10.5. The highest BCUT2D eigenvalue weighted by molar-refractivity contribution is 6.03. The summed E-state index contributed by atoms with van der Waals surface area (Å²) < 4.78 is 5.94. The summed E-state index contributed by atoms with van der Waals surface area (Å²) in [4.78, 5) is 23.6. The second-order valence-electron chi connectivity index (χ2n) is 7.70. The maximum Gasteiger partial charge on any atom is 0.306 e. The molecule has 3 N–H and O–H groups in total. The van der Waals surface area contributed by atoms with Gasteiger partial charge in [0, 0.05) is 11.3 Å². The molecule has 2 aromatic carbocycles. The highest BCUT2D eigenvalue weighted by Crippen LogP contribution is 2.28. The maximum atomic E-state index is 12.5. The summed E-state index contributed by atoms with van der Waals surface area (Å²) in [7, 11) is 0. The van der Waals surface area contributed by atoms with Gasteiger partial charge < -0.3 is 20.5 Å². The number of hydrogen-bond donors (Lipinski definition) is 3. The molecular formula is C24H24N4O4. The molecule has 1 heterocycles. The van der Waals surface area contributed by atoms with Crippen molar-refractivity contribution in [2.45, 2.75) is 31.8 Å². The summed E-state index contributed by atoms with van der Waals surface area (Å²) in [5.74, 6) is 0.295. The number of nitrogens with one attached hydrogen (secondary N) is 2. The highest BCUT2D eigenvalue weighted by atomic mass is 16.5. The Morgan fingerprint density at radius 2 is 1.50 bits per heavy atom. The van der Waals surface area contributed by atoms with E-state index in [-0.39, 0.29) is 17.9 Å². The average Bonchev–Trinajstić information content (AvgIpc) is 2.82. The molecule has 3 aromatic rings. The number of ether oxygens (including phenoxy) is 1. The summed E-state index contributed by atoms with van der Waals surface area (Å²) >= 11 is 0. The molecule has 0 aliphatic heterocycles. The SMILES string of the molecule is O=C(Nc1ccc(Nc2ccccc2)nn1)c1ccc(OC2CCC(C(=O)O)CC2)cc1. The zero-order chi connectivity index (χ0) is 22.3. The zero-order valence-electron chi connectivity index (χ0n) is 17.4. The average molecular weight is 432 g/mol. The number of carboxylic acids is 1. The molecule has 8 heteroatoms. The van der Waals surface area contributed by atoms with Crippen LogP contribution < -0.4 is 15.4 Å². The van der Waals surface area contributed by atoms with Crippen molar-refractivity contribution in [3.05, 3.63) is 72.3 Å². The summed E-state index contributed by atoms with van der Waals surface area (Å²) in [5, 5.41) is 23.1. The topological polar surface area (TPSA) is 113 Å². The van der Waals surface area contributed by atoms with Crippen LogP contribution in [0.15, 0.2) is 66.7 Å². The Kier molecular flexibility index (Phi) is 6.60. The molecule has 164 valence electrons. The number of hydrogen-bond acceptors (Lipinski definition) is 6. The number of amides is 1. The molecule has 4 rings (SSSR count). The lowest BCUT2D eigenvalue weighted by atomic mass is 9.87. The fraction of sp³-hybridized carbons (Fsp3) is 0.250. The second-order valence-corrected chi connectivity index (χ2v) is 7.70. The molecule has 0 atom stereocenters. The number of para-hydroxylation sites is 1. The minimum atomic E-state index is -0.731. The fourth-order valence-corrected chi connectivity index (χ4v) is 3.63. The van der Waals surface area contributed by atoms with Crippen LogP contribution in [0.3, 0.4) is 0 Å². The number of carbonyl (C=O) groups excluding carboxylic acids is 1. The minimum Gasteiger partial charge on any atom is -0.490 e. The Bertz CT molecular complexity index is 1050. The number of rotatable bonds is 7. The Morgan fingerprint density at radius 1 is 0.844 bits per heavy atom. The van der Waals surface area contributed by atoms with Gasteiger partial charge in [0.2, 0.25) is 0 Å². The van der Waals surface area contributed by atoms with Crippen molar-refractivity contribution in [3.63, 3.8) is 0 Å². The molecule has 0 spiro atoms. The van der Waals surface area contributed by atoms with Gasteiger partial charge in [0.25, 0.3) is 5.91 Å². The molecule has 0 unspecified atom stereocenters. The third kappa shape index (κ3) is 5.60. The lowest BCUT2D eigenvalue weighted by Crippen LogP contribution is -2.27. The first-order valence-electron chi connectivity index (χ1n) is 10.5. The van der Waals surface area contributed by atoms with Crippen LogP contribution in [0.5, 0.6) is 5.75 Å². The van der Waals surface area contributed by atoms with Crippen molar-refractivity contribution in [3.8, 4) is 5.75 Å². The number of benzene rings is 2. The van der Waals surface area contributed by atoms with E-state index in [1.165, 1.54) is 0 Å².